The van der Waals surface area contributed by atoms with Gasteiger partial charge in [0.25, 0.3) is 0 Å². The molecule has 1 unspecified atom stereocenters. The Kier molecular flexibility index (Phi) is 3.56. The van der Waals surface area contributed by atoms with E-state index >= 15 is 0 Å². The lowest BCUT2D eigenvalue weighted by atomic mass is 10.2. The van der Waals surface area contributed by atoms with Crippen LogP contribution in [-0.2, 0) is 0 Å². The van der Waals surface area contributed by atoms with Gasteiger partial charge in [-0.1, -0.05) is 11.6 Å². The molecule has 0 saturated carbocycles. The molecule has 68 valence electrons. The second kappa shape index (κ2) is 4.48. The molecule has 0 bridgehead atoms. The van der Waals surface area contributed by atoms with Crippen molar-refractivity contribution < 1.29 is 0 Å². The van der Waals surface area contributed by atoms with Crippen LogP contribution in [0.2, 0.25) is 5.02 Å². The Hall–Kier alpha value is -0.540. The lowest BCUT2D eigenvalue weighted by Crippen LogP contribution is -2.08. The van der Waals surface area contributed by atoms with Gasteiger partial charge in [-0.2, -0.15) is 5.10 Å². The summed E-state index contributed by atoms with van der Waals surface area (Å²) in [4.78, 5) is 0. The highest BCUT2D eigenvalue weighted by molar-refractivity contribution is 6.30. The van der Waals surface area contributed by atoms with Gasteiger partial charge in [-0.25, -0.2) is 0 Å². The van der Waals surface area contributed by atoms with E-state index in [1.165, 1.54) is 0 Å². The molecule has 3 nitrogen and oxygen atoms in total. The molecule has 12 heavy (non-hydrogen) atoms. The highest BCUT2D eigenvalue weighted by Crippen LogP contribution is 2.14. The standard InChI is InChI=1S/C8H14ClN3/c1-7(3-2-4-10)12-6-8(9)5-11-12/h5-7H,2-4,10H2,1H3. The summed E-state index contributed by atoms with van der Waals surface area (Å²) in [5.41, 5.74) is 5.40. The first-order valence-electron chi connectivity index (χ1n) is 4.13. The molecule has 0 radical (unpaired) electrons. The van der Waals surface area contributed by atoms with Gasteiger partial charge < -0.3 is 5.73 Å². The summed E-state index contributed by atoms with van der Waals surface area (Å²) >= 11 is 5.73. The average molecular weight is 188 g/mol. The van der Waals surface area contributed by atoms with Gasteiger partial charge in [0.1, 0.15) is 0 Å². The van der Waals surface area contributed by atoms with E-state index in [0.29, 0.717) is 11.1 Å². The number of nitrogens with two attached hydrogens (primary N) is 1. The van der Waals surface area contributed by atoms with E-state index in [2.05, 4.69) is 12.0 Å². The average Bonchev–Trinajstić information content (AvgIpc) is 2.47. The fourth-order valence-corrected chi connectivity index (χ4v) is 1.25. The number of aromatic nitrogens is 2. The third-order valence-corrected chi connectivity index (χ3v) is 2.04. The summed E-state index contributed by atoms with van der Waals surface area (Å²) in [7, 11) is 0. The number of hydrogen-bond donors (Lipinski definition) is 1. The van der Waals surface area contributed by atoms with E-state index in [1.54, 1.807) is 6.20 Å². The summed E-state index contributed by atoms with van der Waals surface area (Å²) in [5, 5.41) is 4.80. The van der Waals surface area contributed by atoms with Crippen molar-refractivity contribution in [3.8, 4) is 0 Å². The van der Waals surface area contributed by atoms with Crippen LogP contribution in [0.3, 0.4) is 0 Å². The molecule has 2 N–H and O–H groups in total. The van der Waals surface area contributed by atoms with Crippen molar-refractivity contribution in [2.45, 2.75) is 25.8 Å². The Labute approximate surface area is 77.5 Å². The zero-order valence-electron chi connectivity index (χ0n) is 7.20. The van der Waals surface area contributed by atoms with Crippen LogP contribution in [0, 0.1) is 0 Å². The second-order valence-electron chi connectivity index (χ2n) is 2.92. The van der Waals surface area contributed by atoms with Gasteiger partial charge in [0, 0.05) is 12.2 Å². The molecular formula is C8H14ClN3. The molecule has 1 atom stereocenters. The molecule has 4 heteroatoms. The summed E-state index contributed by atoms with van der Waals surface area (Å²) in [6, 6.07) is 0.390. The summed E-state index contributed by atoms with van der Waals surface area (Å²) in [6.07, 6.45) is 5.57. The molecule has 1 rings (SSSR count). The minimum absolute atomic E-state index is 0.390. The third kappa shape index (κ3) is 2.50. The van der Waals surface area contributed by atoms with Crippen molar-refractivity contribution in [1.29, 1.82) is 0 Å². The van der Waals surface area contributed by atoms with E-state index in [9.17, 15) is 0 Å². The summed E-state index contributed by atoms with van der Waals surface area (Å²) in [6.45, 7) is 2.85. The van der Waals surface area contributed by atoms with Gasteiger partial charge in [-0.3, -0.25) is 4.68 Å². The predicted molar refractivity (Wildman–Crippen MR) is 50.2 cm³/mol. The molecular weight excluding hydrogens is 174 g/mol. The van der Waals surface area contributed by atoms with Crippen molar-refractivity contribution >= 4 is 11.6 Å². The molecule has 1 aromatic heterocycles. The minimum atomic E-state index is 0.390. The van der Waals surface area contributed by atoms with E-state index in [0.717, 1.165) is 19.4 Å². The Morgan fingerprint density at radius 2 is 2.50 bits per heavy atom. The molecule has 0 aliphatic carbocycles. The normalized spacial score (nSPS) is 13.2. The maximum absolute atomic E-state index is 5.73. The van der Waals surface area contributed by atoms with Gasteiger partial charge in [-0.05, 0) is 26.3 Å². The first kappa shape index (κ1) is 9.55. The molecule has 1 aromatic rings. The monoisotopic (exact) mass is 187 g/mol. The van der Waals surface area contributed by atoms with Crippen LogP contribution in [-0.4, -0.2) is 16.3 Å². The highest BCUT2D eigenvalue weighted by Gasteiger charge is 2.04. The number of hydrogen-bond acceptors (Lipinski definition) is 2. The minimum Gasteiger partial charge on any atom is -0.330 e. The smallest absolute Gasteiger partial charge is 0.0785 e. The first-order chi connectivity index (χ1) is 5.74. The fraction of sp³-hybridized carbons (Fsp3) is 0.625. The molecule has 1 heterocycles. The fourth-order valence-electron chi connectivity index (χ4n) is 1.10. The molecule has 0 amide bonds. The third-order valence-electron chi connectivity index (χ3n) is 1.85. The molecule has 0 aliphatic heterocycles. The molecule has 0 aromatic carbocycles. The molecule has 0 saturated heterocycles. The van der Waals surface area contributed by atoms with Gasteiger partial charge in [-0.15, -0.1) is 0 Å². The Bertz CT molecular complexity index is 234. The van der Waals surface area contributed by atoms with Crippen LogP contribution in [0.1, 0.15) is 25.8 Å². The zero-order valence-corrected chi connectivity index (χ0v) is 7.96. The van der Waals surface area contributed by atoms with Crippen LogP contribution in [0.5, 0.6) is 0 Å². The van der Waals surface area contributed by atoms with E-state index < -0.39 is 0 Å². The Morgan fingerprint density at radius 3 is 3.00 bits per heavy atom. The van der Waals surface area contributed by atoms with Crippen LogP contribution < -0.4 is 5.73 Å². The van der Waals surface area contributed by atoms with Crippen LogP contribution in [0.15, 0.2) is 12.4 Å². The summed E-state index contributed by atoms with van der Waals surface area (Å²) < 4.78 is 1.87. The van der Waals surface area contributed by atoms with Gasteiger partial charge in [0.05, 0.1) is 11.2 Å². The van der Waals surface area contributed by atoms with Gasteiger partial charge >= 0.3 is 0 Å². The van der Waals surface area contributed by atoms with E-state index in [-0.39, 0.29) is 0 Å². The second-order valence-corrected chi connectivity index (χ2v) is 3.35. The molecule has 0 aliphatic rings. The van der Waals surface area contributed by atoms with Crippen LogP contribution in [0.25, 0.3) is 0 Å². The molecule has 0 fully saturated rings. The number of rotatable bonds is 4. The Balaban J connectivity index is 2.47. The van der Waals surface area contributed by atoms with Crippen molar-refractivity contribution in [2.24, 2.45) is 5.73 Å². The maximum atomic E-state index is 5.73. The topological polar surface area (TPSA) is 43.8 Å². The number of nitrogens with zero attached hydrogens (tertiary/aromatic N) is 2. The maximum Gasteiger partial charge on any atom is 0.0785 e. The van der Waals surface area contributed by atoms with Crippen LogP contribution in [0.4, 0.5) is 0 Å². The zero-order chi connectivity index (χ0) is 8.97. The van der Waals surface area contributed by atoms with Gasteiger partial charge in [0.2, 0.25) is 0 Å². The lowest BCUT2D eigenvalue weighted by molar-refractivity contribution is 0.449. The van der Waals surface area contributed by atoms with Crippen molar-refractivity contribution in [1.82, 2.24) is 9.78 Å². The quantitative estimate of drug-likeness (QED) is 0.782. The SMILES string of the molecule is CC(CCCN)n1cc(Cl)cn1. The largest absolute Gasteiger partial charge is 0.330 e. The number of halogens is 1. The first-order valence-corrected chi connectivity index (χ1v) is 4.51. The van der Waals surface area contributed by atoms with E-state index in [4.69, 9.17) is 17.3 Å². The molecule has 0 spiro atoms. The predicted octanol–water partition coefficient (Wildman–Crippen LogP) is 1.84. The summed E-state index contributed by atoms with van der Waals surface area (Å²) in [5.74, 6) is 0. The lowest BCUT2D eigenvalue weighted by Gasteiger charge is -2.10. The van der Waals surface area contributed by atoms with Crippen molar-refractivity contribution in [2.75, 3.05) is 6.54 Å². The van der Waals surface area contributed by atoms with Crippen molar-refractivity contribution in [3.63, 3.8) is 0 Å². The van der Waals surface area contributed by atoms with E-state index in [1.807, 2.05) is 10.9 Å². The van der Waals surface area contributed by atoms with Crippen LogP contribution >= 0.6 is 11.6 Å². The Morgan fingerprint density at radius 1 is 1.75 bits per heavy atom. The van der Waals surface area contributed by atoms with Gasteiger partial charge in [0.15, 0.2) is 0 Å². The van der Waals surface area contributed by atoms with Crippen molar-refractivity contribution in [3.05, 3.63) is 17.4 Å². The highest BCUT2D eigenvalue weighted by atomic mass is 35.5.